The van der Waals surface area contributed by atoms with Gasteiger partial charge in [0.15, 0.2) is 0 Å². The standard InChI is InChI=1S/C15H29NO/c1-12(2)6-4-7-13(3)16-11-14-8-5-9-15(17)10-14/h6,13-17H,4-5,7-11H2,1-3H3/t13-,14+,15+/m0/s1. The van der Waals surface area contributed by atoms with Crippen molar-refractivity contribution in [2.24, 2.45) is 5.92 Å². The molecule has 0 aromatic heterocycles. The maximum atomic E-state index is 9.61. The first-order valence-electron chi connectivity index (χ1n) is 7.12. The normalized spacial score (nSPS) is 26.6. The molecule has 0 saturated heterocycles. The summed E-state index contributed by atoms with van der Waals surface area (Å²) >= 11 is 0. The molecule has 0 spiro atoms. The van der Waals surface area contributed by atoms with Crippen LogP contribution < -0.4 is 5.32 Å². The minimum Gasteiger partial charge on any atom is -0.393 e. The molecule has 0 bridgehead atoms. The average Bonchev–Trinajstić information content (AvgIpc) is 2.26. The van der Waals surface area contributed by atoms with Crippen LogP contribution in [0.25, 0.3) is 0 Å². The van der Waals surface area contributed by atoms with Crippen LogP contribution in [-0.4, -0.2) is 23.8 Å². The zero-order valence-corrected chi connectivity index (χ0v) is 11.7. The van der Waals surface area contributed by atoms with Crippen LogP contribution in [0, 0.1) is 5.92 Å². The number of hydrogen-bond acceptors (Lipinski definition) is 2. The molecule has 0 aromatic carbocycles. The fourth-order valence-electron chi connectivity index (χ4n) is 2.54. The number of aliphatic hydroxyl groups excluding tert-OH is 1. The maximum absolute atomic E-state index is 9.61. The number of allylic oxidation sites excluding steroid dienone is 2. The Balaban J connectivity index is 2.10. The van der Waals surface area contributed by atoms with Gasteiger partial charge in [0.05, 0.1) is 6.10 Å². The Kier molecular flexibility index (Phi) is 6.83. The van der Waals surface area contributed by atoms with Gasteiger partial charge >= 0.3 is 0 Å². The average molecular weight is 239 g/mol. The molecule has 1 fully saturated rings. The molecule has 2 heteroatoms. The third-order valence-corrected chi connectivity index (χ3v) is 3.66. The van der Waals surface area contributed by atoms with E-state index >= 15 is 0 Å². The monoisotopic (exact) mass is 239 g/mol. The van der Waals surface area contributed by atoms with Gasteiger partial charge in [-0.1, -0.05) is 18.1 Å². The Hall–Kier alpha value is -0.340. The molecule has 1 aliphatic carbocycles. The first-order valence-corrected chi connectivity index (χ1v) is 7.12. The van der Waals surface area contributed by atoms with E-state index in [1.54, 1.807) is 0 Å². The molecule has 0 radical (unpaired) electrons. The molecular formula is C15H29NO. The molecule has 2 N–H and O–H groups in total. The zero-order valence-electron chi connectivity index (χ0n) is 11.7. The molecule has 100 valence electrons. The van der Waals surface area contributed by atoms with E-state index in [1.165, 1.54) is 31.3 Å². The SMILES string of the molecule is CC(C)=CCC[C@H](C)NC[C@@H]1CCC[C@@H](O)C1. The van der Waals surface area contributed by atoms with Crippen molar-refractivity contribution in [2.75, 3.05) is 6.54 Å². The second kappa shape index (κ2) is 7.88. The van der Waals surface area contributed by atoms with Gasteiger partial charge in [-0.2, -0.15) is 0 Å². The molecule has 0 heterocycles. The summed E-state index contributed by atoms with van der Waals surface area (Å²) in [5, 5.41) is 13.2. The van der Waals surface area contributed by atoms with Gasteiger partial charge in [-0.3, -0.25) is 0 Å². The predicted molar refractivity (Wildman–Crippen MR) is 74.1 cm³/mol. The van der Waals surface area contributed by atoms with E-state index in [4.69, 9.17) is 0 Å². The van der Waals surface area contributed by atoms with Crippen molar-refractivity contribution in [3.05, 3.63) is 11.6 Å². The zero-order chi connectivity index (χ0) is 12.7. The number of nitrogens with one attached hydrogen (secondary N) is 1. The molecule has 3 atom stereocenters. The molecule has 0 aromatic rings. The van der Waals surface area contributed by atoms with Crippen LogP contribution in [-0.2, 0) is 0 Å². The van der Waals surface area contributed by atoms with Gasteiger partial charge in [0, 0.05) is 6.04 Å². The van der Waals surface area contributed by atoms with E-state index in [0.29, 0.717) is 12.0 Å². The highest BCUT2D eigenvalue weighted by Gasteiger charge is 2.20. The van der Waals surface area contributed by atoms with Gasteiger partial charge in [-0.05, 0) is 65.3 Å². The third-order valence-electron chi connectivity index (χ3n) is 3.66. The minimum absolute atomic E-state index is 0.0449. The highest BCUT2D eigenvalue weighted by molar-refractivity contribution is 4.93. The molecular weight excluding hydrogens is 210 g/mol. The molecule has 1 saturated carbocycles. The number of rotatable bonds is 6. The van der Waals surface area contributed by atoms with Crippen molar-refractivity contribution < 1.29 is 5.11 Å². The van der Waals surface area contributed by atoms with E-state index in [2.05, 4.69) is 32.2 Å². The molecule has 0 amide bonds. The Morgan fingerprint density at radius 1 is 1.41 bits per heavy atom. The Labute approximate surface area is 106 Å². The summed E-state index contributed by atoms with van der Waals surface area (Å²) in [6.07, 6.45) is 9.12. The fraction of sp³-hybridized carbons (Fsp3) is 0.867. The number of aliphatic hydroxyl groups is 1. The van der Waals surface area contributed by atoms with Crippen molar-refractivity contribution in [1.82, 2.24) is 5.32 Å². The molecule has 2 nitrogen and oxygen atoms in total. The maximum Gasteiger partial charge on any atom is 0.0543 e. The van der Waals surface area contributed by atoms with Crippen LogP contribution in [0.4, 0.5) is 0 Å². The first kappa shape index (κ1) is 14.7. The number of hydrogen-bond donors (Lipinski definition) is 2. The predicted octanol–water partition coefficient (Wildman–Crippen LogP) is 3.26. The minimum atomic E-state index is -0.0449. The second-order valence-corrected chi connectivity index (χ2v) is 5.85. The van der Waals surface area contributed by atoms with Crippen molar-refractivity contribution in [3.63, 3.8) is 0 Å². The van der Waals surface area contributed by atoms with Gasteiger partial charge in [0.25, 0.3) is 0 Å². The van der Waals surface area contributed by atoms with E-state index in [-0.39, 0.29) is 6.10 Å². The lowest BCUT2D eigenvalue weighted by molar-refractivity contribution is 0.0997. The summed E-state index contributed by atoms with van der Waals surface area (Å²) < 4.78 is 0. The van der Waals surface area contributed by atoms with Crippen molar-refractivity contribution in [1.29, 1.82) is 0 Å². The van der Waals surface area contributed by atoms with E-state index in [0.717, 1.165) is 19.4 Å². The largest absolute Gasteiger partial charge is 0.393 e. The summed E-state index contributed by atoms with van der Waals surface area (Å²) in [4.78, 5) is 0. The van der Waals surface area contributed by atoms with Gasteiger partial charge in [0.1, 0.15) is 0 Å². The van der Waals surface area contributed by atoms with Gasteiger partial charge in [0.2, 0.25) is 0 Å². The quantitative estimate of drug-likeness (QED) is 0.697. The van der Waals surface area contributed by atoms with Crippen molar-refractivity contribution >= 4 is 0 Å². The van der Waals surface area contributed by atoms with Crippen LogP contribution in [0.2, 0.25) is 0 Å². The van der Waals surface area contributed by atoms with E-state index < -0.39 is 0 Å². The van der Waals surface area contributed by atoms with E-state index in [9.17, 15) is 5.11 Å². The topological polar surface area (TPSA) is 32.3 Å². The van der Waals surface area contributed by atoms with Crippen LogP contribution >= 0.6 is 0 Å². The molecule has 1 rings (SSSR count). The van der Waals surface area contributed by atoms with Crippen molar-refractivity contribution in [2.45, 2.75) is 71.4 Å². The first-order chi connectivity index (χ1) is 8.08. The van der Waals surface area contributed by atoms with E-state index in [1.807, 2.05) is 0 Å². The lowest BCUT2D eigenvalue weighted by Gasteiger charge is -2.27. The summed E-state index contributed by atoms with van der Waals surface area (Å²) in [7, 11) is 0. The van der Waals surface area contributed by atoms with Crippen LogP contribution in [0.3, 0.4) is 0 Å². The van der Waals surface area contributed by atoms with Crippen LogP contribution in [0.5, 0.6) is 0 Å². The van der Waals surface area contributed by atoms with Gasteiger partial charge < -0.3 is 10.4 Å². The molecule has 0 unspecified atom stereocenters. The summed E-state index contributed by atoms with van der Waals surface area (Å²) in [5.41, 5.74) is 1.41. The lowest BCUT2D eigenvalue weighted by Crippen LogP contribution is -2.34. The van der Waals surface area contributed by atoms with Crippen LogP contribution in [0.15, 0.2) is 11.6 Å². The third kappa shape index (κ3) is 6.85. The van der Waals surface area contributed by atoms with Gasteiger partial charge in [-0.15, -0.1) is 0 Å². The molecule has 17 heavy (non-hydrogen) atoms. The summed E-state index contributed by atoms with van der Waals surface area (Å²) in [5.74, 6) is 0.685. The highest BCUT2D eigenvalue weighted by Crippen LogP contribution is 2.23. The summed E-state index contributed by atoms with van der Waals surface area (Å²) in [6.45, 7) is 7.65. The summed E-state index contributed by atoms with van der Waals surface area (Å²) in [6, 6.07) is 0.588. The fourth-order valence-corrected chi connectivity index (χ4v) is 2.54. The smallest absolute Gasteiger partial charge is 0.0543 e. The van der Waals surface area contributed by atoms with Crippen molar-refractivity contribution in [3.8, 4) is 0 Å². The van der Waals surface area contributed by atoms with Gasteiger partial charge in [-0.25, -0.2) is 0 Å². The lowest BCUT2D eigenvalue weighted by atomic mass is 9.87. The highest BCUT2D eigenvalue weighted by atomic mass is 16.3. The Bertz CT molecular complexity index is 233. The van der Waals surface area contributed by atoms with Crippen LogP contribution in [0.1, 0.15) is 59.3 Å². The molecule has 0 aliphatic heterocycles. The molecule has 1 aliphatic rings. The second-order valence-electron chi connectivity index (χ2n) is 5.85. The Morgan fingerprint density at radius 2 is 2.18 bits per heavy atom. The Morgan fingerprint density at radius 3 is 2.82 bits per heavy atom.